The molecule has 72 valence electrons. The summed E-state index contributed by atoms with van der Waals surface area (Å²) in [6.45, 7) is 5.70. The SMILES string of the molecule is Cc1nc(NC(=O)[C@H](C)Br)sc1C. The van der Waals surface area contributed by atoms with Gasteiger partial charge >= 0.3 is 0 Å². The lowest BCUT2D eigenvalue weighted by Gasteiger charge is -2.01. The third kappa shape index (κ3) is 2.77. The fourth-order valence-electron chi connectivity index (χ4n) is 0.731. The molecule has 0 saturated heterocycles. The standard InChI is InChI=1S/C8H11BrN2OS/c1-4(9)7(12)11-8-10-5(2)6(3)13-8/h4H,1-3H3,(H,10,11,12)/t4-/m0/s1. The van der Waals surface area contributed by atoms with Gasteiger partial charge in [0.1, 0.15) is 0 Å². The minimum Gasteiger partial charge on any atom is -0.301 e. The van der Waals surface area contributed by atoms with E-state index in [1.54, 1.807) is 6.92 Å². The number of carbonyl (C=O) groups is 1. The molecule has 0 aliphatic heterocycles. The minimum absolute atomic E-state index is 0.0613. The molecule has 1 aromatic rings. The summed E-state index contributed by atoms with van der Waals surface area (Å²) >= 11 is 4.68. The number of hydrogen-bond acceptors (Lipinski definition) is 3. The zero-order valence-electron chi connectivity index (χ0n) is 7.72. The maximum atomic E-state index is 11.2. The van der Waals surface area contributed by atoms with Crippen molar-refractivity contribution in [2.45, 2.75) is 25.6 Å². The highest BCUT2D eigenvalue weighted by molar-refractivity contribution is 9.10. The number of nitrogens with zero attached hydrogens (tertiary/aromatic N) is 1. The molecule has 0 aromatic carbocycles. The first kappa shape index (κ1) is 10.7. The second-order valence-corrected chi connectivity index (χ2v) is 5.34. The van der Waals surface area contributed by atoms with Crippen molar-refractivity contribution < 1.29 is 4.79 Å². The number of aryl methyl sites for hydroxylation is 2. The van der Waals surface area contributed by atoms with Crippen molar-refractivity contribution in [2.24, 2.45) is 0 Å². The molecule has 5 heteroatoms. The highest BCUT2D eigenvalue weighted by atomic mass is 79.9. The molecule has 3 nitrogen and oxygen atoms in total. The molecule has 1 N–H and O–H groups in total. The van der Waals surface area contributed by atoms with Crippen LogP contribution in [0.15, 0.2) is 0 Å². The summed E-state index contributed by atoms with van der Waals surface area (Å²) in [4.78, 5) is 16.4. The molecular weight excluding hydrogens is 252 g/mol. The van der Waals surface area contributed by atoms with Crippen LogP contribution in [0.3, 0.4) is 0 Å². The van der Waals surface area contributed by atoms with Crippen LogP contribution in [0.25, 0.3) is 0 Å². The van der Waals surface area contributed by atoms with Crippen LogP contribution in [0.2, 0.25) is 0 Å². The molecular formula is C8H11BrN2OS. The van der Waals surface area contributed by atoms with Crippen molar-refractivity contribution in [3.63, 3.8) is 0 Å². The molecule has 0 radical (unpaired) electrons. The average molecular weight is 263 g/mol. The van der Waals surface area contributed by atoms with Crippen LogP contribution in [0.1, 0.15) is 17.5 Å². The van der Waals surface area contributed by atoms with Crippen molar-refractivity contribution in [3.8, 4) is 0 Å². The van der Waals surface area contributed by atoms with E-state index in [4.69, 9.17) is 0 Å². The number of halogens is 1. The van der Waals surface area contributed by atoms with Crippen LogP contribution in [0, 0.1) is 13.8 Å². The Bertz CT molecular complexity index is 302. The largest absolute Gasteiger partial charge is 0.301 e. The van der Waals surface area contributed by atoms with Crippen LogP contribution < -0.4 is 5.32 Å². The van der Waals surface area contributed by atoms with Gasteiger partial charge < -0.3 is 5.32 Å². The van der Waals surface area contributed by atoms with Gasteiger partial charge in [0.2, 0.25) is 5.91 Å². The van der Waals surface area contributed by atoms with Crippen molar-refractivity contribution in [1.82, 2.24) is 4.98 Å². The summed E-state index contributed by atoms with van der Waals surface area (Å²) in [5.74, 6) is -0.0613. The summed E-state index contributed by atoms with van der Waals surface area (Å²) in [7, 11) is 0. The lowest BCUT2D eigenvalue weighted by Crippen LogP contribution is -2.19. The Hall–Kier alpha value is -0.420. The average Bonchev–Trinajstić information content (AvgIpc) is 2.31. The van der Waals surface area contributed by atoms with E-state index in [-0.39, 0.29) is 10.7 Å². The van der Waals surface area contributed by atoms with Crippen LogP contribution in [0.4, 0.5) is 5.13 Å². The Morgan fingerprint density at radius 1 is 1.62 bits per heavy atom. The van der Waals surface area contributed by atoms with Crippen LogP contribution in [-0.4, -0.2) is 15.7 Å². The highest BCUT2D eigenvalue weighted by Crippen LogP contribution is 2.21. The third-order valence-corrected chi connectivity index (χ3v) is 3.02. The maximum absolute atomic E-state index is 11.2. The Balaban J connectivity index is 2.70. The van der Waals surface area contributed by atoms with Crippen molar-refractivity contribution in [2.75, 3.05) is 5.32 Å². The number of hydrogen-bond donors (Lipinski definition) is 1. The summed E-state index contributed by atoms with van der Waals surface area (Å²) in [6.07, 6.45) is 0. The van der Waals surface area contributed by atoms with Gasteiger partial charge in [-0.3, -0.25) is 4.79 Å². The second kappa shape index (κ2) is 4.19. The topological polar surface area (TPSA) is 42.0 Å². The molecule has 1 atom stereocenters. The summed E-state index contributed by atoms with van der Waals surface area (Å²) in [6, 6.07) is 0. The molecule has 1 rings (SSSR count). The molecule has 1 aromatic heterocycles. The molecule has 0 spiro atoms. The monoisotopic (exact) mass is 262 g/mol. The van der Waals surface area contributed by atoms with E-state index >= 15 is 0 Å². The van der Waals surface area contributed by atoms with Crippen LogP contribution >= 0.6 is 27.3 Å². The quantitative estimate of drug-likeness (QED) is 0.833. The molecule has 0 saturated carbocycles. The molecule has 0 aliphatic carbocycles. The van der Waals surface area contributed by atoms with Crippen molar-refractivity contribution >= 4 is 38.3 Å². The molecule has 1 amide bonds. The molecule has 1 heterocycles. The number of amides is 1. The summed E-state index contributed by atoms with van der Waals surface area (Å²) in [5.41, 5.74) is 0.975. The number of aromatic nitrogens is 1. The Morgan fingerprint density at radius 2 is 2.23 bits per heavy atom. The Labute approximate surface area is 89.7 Å². The minimum atomic E-state index is -0.183. The highest BCUT2D eigenvalue weighted by Gasteiger charge is 2.11. The molecule has 13 heavy (non-hydrogen) atoms. The van der Waals surface area contributed by atoms with E-state index in [1.807, 2.05) is 13.8 Å². The van der Waals surface area contributed by atoms with Gasteiger partial charge in [-0.2, -0.15) is 0 Å². The van der Waals surface area contributed by atoms with Gasteiger partial charge in [-0.25, -0.2) is 4.98 Å². The molecule has 0 unspecified atom stereocenters. The van der Waals surface area contributed by atoms with Crippen molar-refractivity contribution in [3.05, 3.63) is 10.6 Å². The summed E-state index contributed by atoms with van der Waals surface area (Å²) in [5, 5.41) is 3.40. The van der Waals surface area contributed by atoms with Gasteiger partial charge in [0.25, 0.3) is 0 Å². The van der Waals surface area contributed by atoms with Crippen molar-refractivity contribution in [1.29, 1.82) is 0 Å². The van der Waals surface area contributed by atoms with E-state index in [0.29, 0.717) is 5.13 Å². The number of anilines is 1. The van der Waals surface area contributed by atoms with E-state index in [0.717, 1.165) is 10.6 Å². The van der Waals surface area contributed by atoms with Gasteiger partial charge in [-0.1, -0.05) is 15.9 Å². The normalized spacial score (nSPS) is 12.6. The number of carbonyl (C=O) groups excluding carboxylic acids is 1. The first-order chi connectivity index (χ1) is 6.00. The Morgan fingerprint density at radius 3 is 2.62 bits per heavy atom. The number of nitrogens with one attached hydrogen (secondary N) is 1. The van der Waals surface area contributed by atoms with Crippen LogP contribution in [-0.2, 0) is 4.79 Å². The number of thiazole rings is 1. The fourth-order valence-corrected chi connectivity index (χ4v) is 1.66. The zero-order chi connectivity index (χ0) is 10.0. The molecule has 0 bridgehead atoms. The smallest absolute Gasteiger partial charge is 0.239 e. The number of rotatable bonds is 2. The van der Waals surface area contributed by atoms with Crippen LogP contribution in [0.5, 0.6) is 0 Å². The maximum Gasteiger partial charge on any atom is 0.239 e. The first-order valence-electron chi connectivity index (χ1n) is 3.89. The zero-order valence-corrected chi connectivity index (χ0v) is 10.1. The van der Waals surface area contributed by atoms with Gasteiger partial charge in [-0.05, 0) is 20.8 Å². The molecule has 0 aliphatic rings. The number of alkyl halides is 1. The van der Waals surface area contributed by atoms with E-state index in [9.17, 15) is 4.79 Å². The first-order valence-corrected chi connectivity index (χ1v) is 5.63. The van der Waals surface area contributed by atoms with Gasteiger partial charge in [-0.15, -0.1) is 11.3 Å². The summed E-state index contributed by atoms with van der Waals surface area (Å²) < 4.78 is 0. The van der Waals surface area contributed by atoms with Gasteiger partial charge in [0.15, 0.2) is 5.13 Å². The predicted octanol–water partition coefficient (Wildman–Crippen LogP) is 2.48. The van der Waals surface area contributed by atoms with E-state index in [1.165, 1.54) is 11.3 Å². The fraction of sp³-hybridized carbons (Fsp3) is 0.500. The lowest BCUT2D eigenvalue weighted by molar-refractivity contribution is -0.115. The Kier molecular flexibility index (Phi) is 3.44. The van der Waals surface area contributed by atoms with Gasteiger partial charge in [0, 0.05) is 4.88 Å². The predicted molar refractivity (Wildman–Crippen MR) is 58.6 cm³/mol. The lowest BCUT2D eigenvalue weighted by atomic mass is 10.4. The van der Waals surface area contributed by atoms with Gasteiger partial charge in [0.05, 0.1) is 10.5 Å². The van der Waals surface area contributed by atoms with E-state index in [2.05, 4.69) is 26.2 Å². The third-order valence-electron chi connectivity index (χ3n) is 1.62. The second-order valence-electron chi connectivity index (χ2n) is 2.77. The van der Waals surface area contributed by atoms with E-state index < -0.39 is 0 Å². The molecule has 0 fully saturated rings.